The van der Waals surface area contributed by atoms with Crippen molar-refractivity contribution in [3.63, 3.8) is 0 Å². The van der Waals surface area contributed by atoms with Gasteiger partial charge in [0.05, 0.1) is 6.04 Å². The zero-order valence-corrected chi connectivity index (χ0v) is 15.1. The van der Waals surface area contributed by atoms with Crippen LogP contribution in [0.3, 0.4) is 0 Å². The Morgan fingerprint density at radius 1 is 0.880 bits per heavy atom. The predicted octanol–water partition coefficient (Wildman–Crippen LogP) is 4.07. The lowest BCUT2D eigenvalue weighted by atomic mass is 9.91. The molecule has 3 nitrogen and oxygen atoms in total. The second-order valence-corrected chi connectivity index (χ2v) is 7.13. The standard InChI is InChI=1S/C22H27NO2/c1-16-6-10-18(11-7-16)20(23-14-4-3-5-15-23)22(25)21(24)19-12-8-17(2)9-13-19/h6-13,20,22,25H,3-5,14-15H2,1-2H3/t20-,22+/m0/s1. The van der Waals surface area contributed by atoms with E-state index in [9.17, 15) is 9.90 Å². The van der Waals surface area contributed by atoms with E-state index in [1.54, 1.807) is 0 Å². The molecule has 2 aromatic carbocycles. The Bertz CT molecular complexity index is 700. The van der Waals surface area contributed by atoms with Crippen molar-refractivity contribution < 1.29 is 9.90 Å². The van der Waals surface area contributed by atoms with Crippen LogP contribution in [-0.4, -0.2) is 35.0 Å². The van der Waals surface area contributed by atoms with Gasteiger partial charge in [0.15, 0.2) is 5.78 Å². The van der Waals surface area contributed by atoms with Gasteiger partial charge >= 0.3 is 0 Å². The fourth-order valence-electron chi connectivity index (χ4n) is 3.58. The molecule has 1 saturated heterocycles. The van der Waals surface area contributed by atoms with Gasteiger partial charge in [-0.2, -0.15) is 0 Å². The topological polar surface area (TPSA) is 40.5 Å². The van der Waals surface area contributed by atoms with Crippen molar-refractivity contribution in [1.82, 2.24) is 4.90 Å². The van der Waals surface area contributed by atoms with Crippen LogP contribution in [0.1, 0.15) is 52.4 Å². The maximum absolute atomic E-state index is 12.9. The highest BCUT2D eigenvalue weighted by Crippen LogP contribution is 2.29. The van der Waals surface area contributed by atoms with Crippen molar-refractivity contribution in [2.75, 3.05) is 13.1 Å². The largest absolute Gasteiger partial charge is 0.383 e. The maximum Gasteiger partial charge on any atom is 0.193 e. The molecule has 1 heterocycles. The van der Waals surface area contributed by atoms with Crippen LogP contribution in [0.25, 0.3) is 0 Å². The van der Waals surface area contributed by atoms with Gasteiger partial charge in [0.2, 0.25) is 0 Å². The van der Waals surface area contributed by atoms with E-state index in [4.69, 9.17) is 0 Å². The Hall–Kier alpha value is -1.97. The molecule has 0 radical (unpaired) electrons. The summed E-state index contributed by atoms with van der Waals surface area (Å²) in [5.41, 5.74) is 3.88. The minimum atomic E-state index is -1.05. The zero-order valence-electron chi connectivity index (χ0n) is 15.1. The summed E-state index contributed by atoms with van der Waals surface area (Å²) >= 11 is 0. The molecule has 1 fully saturated rings. The third-order valence-corrected chi connectivity index (χ3v) is 5.11. The average molecular weight is 337 g/mol. The van der Waals surface area contributed by atoms with E-state index >= 15 is 0 Å². The molecule has 0 aliphatic carbocycles. The lowest BCUT2D eigenvalue weighted by molar-refractivity contribution is 0.0322. The molecule has 25 heavy (non-hydrogen) atoms. The number of aliphatic hydroxyl groups is 1. The van der Waals surface area contributed by atoms with Crippen LogP contribution in [0.4, 0.5) is 0 Å². The van der Waals surface area contributed by atoms with Crippen molar-refractivity contribution in [3.05, 3.63) is 70.8 Å². The van der Waals surface area contributed by atoms with E-state index < -0.39 is 6.10 Å². The molecule has 0 aromatic heterocycles. The molecule has 0 saturated carbocycles. The number of piperidine rings is 1. The number of aliphatic hydroxyl groups excluding tert-OH is 1. The highest BCUT2D eigenvalue weighted by Gasteiger charge is 2.33. The predicted molar refractivity (Wildman–Crippen MR) is 101 cm³/mol. The molecule has 3 rings (SSSR count). The molecular weight excluding hydrogens is 310 g/mol. The monoisotopic (exact) mass is 337 g/mol. The van der Waals surface area contributed by atoms with Crippen LogP contribution in [0.5, 0.6) is 0 Å². The number of hydrogen-bond donors (Lipinski definition) is 1. The summed E-state index contributed by atoms with van der Waals surface area (Å²) in [6.45, 7) is 5.90. The second kappa shape index (κ2) is 7.94. The van der Waals surface area contributed by atoms with Crippen molar-refractivity contribution >= 4 is 5.78 Å². The summed E-state index contributed by atoms with van der Waals surface area (Å²) in [6, 6.07) is 15.4. The lowest BCUT2D eigenvalue weighted by Crippen LogP contribution is -2.43. The van der Waals surface area contributed by atoms with Gasteiger partial charge in [-0.25, -0.2) is 0 Å². The second-order valence-electron chi connectivity index (χ2n) is 7.13. The van der Waals surface area contributed by atoms with Crippen LogP contribution < -0.4 is 0 Å². The number of hydrogen-bond acceptors (Lipinski definition) is 3. The Labute approximate surface area is 150 Å². The highest BCUT2D eigenvalue weighted by atomic mass is 16.3. The third-order valence-electron chi connectivity index (χ3n) is 5.11. The van der Waals surface area contributed by atoms with Gasteiger partial charge in [0.25, 0.3) is 0 Å². The van der Waals surface area contributed by atoms with Crippen LogP contribution >= 0.6 is 0 Å². The van der Waals surface area contributed by atoms with Crippen molar-refractivity contribution in [1.29, 1.82) is 0 Å². The van der Waals surface area contributed by atoms with Gasteiger partial charge in [-0.05, 0) is 45.3 Å². The molecule has 0 amide bonds. The molecule has 0 unspecified atom stereocenters. The molecule has 3 heteroatoms. The molecule has 0 bridgehead atoms. The summed E-state index contributed by atoms with van der Waals surface area (Å²) in [6.07, 6.45) is 2.41. The minimum Gasteiger partial charge on any atom is -0.383 e. The van der Waals surface area contributed by atoms with Gasteiger partial charge in [-0.1, -0.05) is 66.1 Å². The molecule has 1 aliphatic heterocycles. The fraction of sp³-hybridized carbons (Fsp3) is 0.409. The number of benzene rings is 2. The van der Waals surface area contributed by atoms with Crippen molar-refractivity contribution in [2.45, 2.75) is 45.3 Å². The number of Topliss-reactive ketones (excluding diaryl/α,β-unsaturated/α-hetero) is 1. The molecule has 1 aliphatic rings. The van der Waals surface area contributed by atoms with Crippen molar-refractivity contribution in [3.8, 4) is 0 Å². The fourth-order valence-corrected chi connectivity index (χ4v) is 3.58. The van der Waals surface area contributed by atoms with E-state index in [1.165, 1.54) is 12.0 Å². The first kappa shape index (κ1) is 17.8. The average Bonchev–Trinajstić information content (AvgIpc) is 2.64. The number of aryl methyl sites for hydroxylation is 2. The Morgan fingerprint density at radius 2 is 1.40 bits per heavy atom. The van der Waals surface area contributed by atoms with E-state index in [1.807, 2.05) is 50.2 Å². The smallest absolute Gasteiger partial charge is 0.193 e. The first-order valence-electron chi connectivity index (χ1n) is 9.16. The SMILES string of the molecule is Cc1ccc(C(=O)[C@H](O)[C@H](c2ccc(C)cc2)N2CCCCC2)cc1. The minimum absolute atomic E-state index is 0.198. The van der Waals surface area contributed by atoms with Crippen LogP contribution in [0.15, 0.2) is 48.5 Å². The summed E-state index contributed by atoms with van der Waals surface area (Å²) in [4.78, 5) is 15.2. The van der Waals surface area contributed by atoms with Gasteiger partial charge in [-0.3, -0.25) is 9.69 Å². The normalized spacial score (nSPS) is 17.9. The summed E-state index contributed by atoms with van der Waals surface area (Å²) in [7, 11) is 0. The Balaban J connectivity index is 1.90. The summed E-state index contributed by atoms with van der Waals surface area (Å²) < 4.78 is 0. The van der Waals surface area contributed by atoms with Gasteiger partial charge in [0, 0.05) is 5.56 Å². The van der Waals surface area contributed by atoms with E-state index in [0.29, 0.717) is 5.56 Å². The first-order chi connectivity index (χ1) is 12.1. The molecule has 0 spiro atoms. The quantitative estimate of drug-likeness (QED) is 0.836. The van der Waals surface area contributed by atoms with Crippen LogP contribution in [-0.2, 0) is 0 Å². The zero-order chi connectivity index (χ0) is 17.8. The number of carbonyl (C=O) groups is 1. The number of rotatable bonds is 5. The van der Waals surface area contributed by atoms with Gasteiger partial charge in [-0.15, -0.1) is 0 Å². The van der Waals surface area contributed by atoms with E-state index in [-0.39, 0.29) is 11.8 Å². The first-order valence-corrected chi connectivity index (χ1v) is 9.16. The Morgan fingerprint density at radius 3 is 1.96 bits per heavy atom. The summed E-state index contributed by atoms with van der Waals surface area (Å²) in [5, 5.41) is 11.0. The van der Waals surface area contributed by atoms with E-state index in [0.717, 1.165) is 37.1 Å². The number of carbonyl (C=O) groups excluding carboxylic acids is 1. The van der Waals surface area contributed by atoms with E-state index in [2.05, 4.69) is 17.0 Å². The van der Waals surface area contributed by atoms with Gasteiger partial charge in [0.1, 0.15) is 6.10 Å². The third kappa shape index (κ3) is 4.17. The number of nitrogens with zero attached hydrogens (tertiary/aromatic N) is 1. The lowest BCUT2D eigenvalue weighted by Gasteiger charge is -2.37. The molecule has 2 aromatic rings. The Kier molecular flexibility index (Phi) is 5.67. The number of likely N-dealkylation sites (tertiary alicyclic amines) is 1. The number of ketones is 1. The maximum atomic E-state index is 12.9. The van der Waals surface area contributed by atoms with Gasteiger partial charge < -0.3 is 5.11 Å². The molecule has 1 N–H and O–H groups in total. The molecular formula is C22H27NO2. The van der Waals surface area contributed by atoms with Crippen LogP contribution in [0, 0.1) is 13.8 Å². The highest BCUT2D eigenvalue weighted by molar-refractivity contribution is 5.99. The molecule has 2 atom stereocenters. The molecule has 132 valence electrons. The summed E-state index contributed by atoms with van der Waals surface area (Å²) in [5.74, 6) is -0.198. The van der Waals surface area contributed by atoms with Crippen molar-refractivity contribution in [2.24, 2.45) is 0 Å². The van der Waals surface area contributed by atoms with Crippen LogP contribution in [0.2, 0.25) is 0 Å².